The van der Waals surface area contributed by atoms with E-state index in [1.165, 1.54) is 0 Å². The van der Waals surface area contributed by atoms with E-state index >= 15 is 0 Å². The maximum absolute atomic E-state index is 9.34. The molecule has 0 bridgehead atoms. The molecule has 94 valence electrons. The molecule has 1 aromatic heterocycles. The molecule has 0 aliphatic carbocycles. The van der Waals surface area contributed by atoms with Crippen LogP contribution in [-0.4, -0.2) is 17.1 Å². The third kappa shape index (κ3) is 3.00. The molecular weight excluding hydrogens is 248 g/mol. The Balaban J connectivity index is 2.23. The molecule has 2 rings (SSSR count). The highest BCUT2D eigenvalue weighted by Gasteiger charge is 2.08. The number of hydrogen-bond acceptors (Lipinski definition) is 3. The molecule has 0 spiro atoms. The first-order valence-corrected chi connectivity index (χ1v) is 6.08. The van der Waals surface area contributed by atoms with E-state index in [0.717, 1.165) is 23.4 Å². The quantitative estimate of drug-likeness (QED) is 0.921. The molecule has 0 aliphatic heterocycles. The summed E-state index contributed by atoms with van der Waals surface area (Å²) in [5.41, 5.74) is 2.92. The molecule has 0 aliphatic rings. The minimum absolute atomic E-state index is 0.00385. The zero-order valence-electron chi connectivity index (χ0n) is 10.2. The van der Waals surface area contributed by atoms with Gasteiger partial charge >= 0.3 is 0 Å². The van der Waals surface area contributed by atoms with Crippen LogP contribution in [0, 0.1) is 0 Å². The first-order chi connectivity index (χ1) is 8.70. The molecule has 1 N–H and O–H groups in total. The van der Waals surface area contributed by atoms with Gasteiger partial charge in [0.25, 0.3) is 0 Å². The highest BCUT2D eigenvalue weighted by Crippen LogP contribution is 2.25. The van der Waals surface area contributed by atoms with E-state index in [2.05, 4.69) is 9.88 Å². The van der Waals surface area contributed by atoms with Crippen LogP contribution >= 0.6 is 11.6 Å². The molecule has 0 unspecified atom stereocenters. The number of halogens is 1. The van der Waals surface area contributed by atoms with Gasteiger partial charge in [-0.2, -0.15) is 0 Å². The van der Waals surface area contributed by atoms with Crippen molar-refractivity contribution in [3.8, 4) is 0 Å². The molecular formula is C14H15ClN2O. The number of nitrogens with zero attached hydrogens (tertiary/aromatic N) is 2. The molecule has 1 aromatic carbocycles. The Morgan fingerprint density at radius 3 is 2.83 bits per heavy atom. The van der Waals surface area contributed by atoms with E-state index in [0.29, 0.717) is 5.02 Å². The molecule has 0 atom stereocenters. The average Bonchev–Trinajstić information content (AvgIpc) is 2.40. The van der Waals surface area contributed by atoms with Crippen LogP contribution in [0.2, 0.25) is 5.02 Å². The molecule has 0 fully saturated rings. The van der Waals surface area contributed by atoms with Crippen LogP contribution in [0.25, 0.3) is 0 Å². The lowest BCUT2D eigenvalue weighted by atomic mass is 10.1. The molecule has 0 amide bonds. The molecule has 0 saturated carbocycles. The van der Waals surface area contributed by atoms with E-state index in [4.69, 9.17) is 11.6 Å². The molecule has 4 heteroatoms. The van der Waals surface area contributed by atoms with Crippen molar-refractivity contribution >= 4 is 17.3 Å². The second-order valence-electron chi connectivity index (χ2n) is 4.15. The monoisotopic (exact) mass is 262 g/mol. The zero-order chi connectivity index (χ0) is 13.0. The van der Waals surface area contributed by atoms with Crippen LogP contribution in [0.4, 0.5) is 5.69 Å². The van der Waals surface area contributed by atoms with Gasteiger partial charge in [-0.1, -0.05) is 23.7 Å². The van der Waals surface area contributed by atoms with Gasteiger partial charge in [0, 0.05) is 42.3 Å². The maximum Gasteiger partial charge on any atom is 0.0702 e. The number of aliphatic hydroxyl groups is 1. The van der Waals surface area contributed by atoms with Gasteiger partial charge in [-0.05, 0) is 23.8 Å². The van der Waals surface area contributed by atoms with Gasteiger partial charge in [0.1, 0.15) is 0 Å². The Bertz CT molecular complexity index is 516. The second-order valence-corrected chi connectivity index (χ2v) is 4.58. The zero-order valence-corrected chi connectivity index (χ0v) is 10.9. The Hall–Kier alpha value is -1.58. The third-order valence-electron chi connectivity index (χ3n) is 2.77. The Morgan fingerprint density at radius 1 is 1.33 bits per heavy atom. The summed E-state index contributed by atoms with van der Waals surface area (Å²) in [6, 6.07) is 9.43. The summed E-state index contributed by atoms with van der Waals surface area (Å²) in [6.07, 6.45) is 3.59. The van der Waals surface area contributed by atoms with Gasteiger partial charge in [-0.15, -0.1) is 0 Å². The lowest BCUT2D eigenvalue weighted by Crippen LogP contribution is -2.18. The van der Waals surface area contributed by atoms with E-state index < -0.39 is 0 Å². The minimum Gasteiger partial charge on any atom is -0.392 e. The van der Waals surface area contributed by atoms with E-state index in [-0.39, 0.29) is 6.61 Å². The molecule has 2 aromatic rings. The van der Waals surface area contributed by atoms with Crippen LogP contribution in [0.1, 0.15) is 11.1 Å². The number of aromatic nitrogens is 1. The predicted octanol–water partition coefficient (Wildman–Crippen LogP) is 2.86. The SMILES string of the molecule is CN(Cc1cccnc1)c1cc(Cl)ccc1CO. The molecule has 0 saturated heterocycles. The van der Waals surface area contributed by atoms with Gasteiger partial charge < -0.3 is 10.0 Å². The lowest BCUT2D eigenvalue weighted by Gasteiger charge is -2.22. The third-order valence-corrected chi connectivity index (χ3v) is 3.01. The molecule has 1 heterocycles. The van der Waals surface area contributed by atoms with Crippen molar-refractivity contribution in [2.75, 3.05) is 11.9 Å². The smallest absolute Gasteiger partial charge is 0.0702 e. The van der Waals surface area contributed by atoms with Gasteiger partial charge in [-0.3, -0.25) is 4.98 Å². The minimum atomic E-state index is 0.00385. The Morgan fingerprint density at radius 2 is 2.17 bits per heavy atom. The van der Waals surface area contributed by atoms with Crippen molar-refractivity contribution in [2.45, 2.75) is 13.2 Å². The van der Waals surface area contributed by atoms with Crippen molar-refractivity contribution in [1.29, 1.82) is 0 Å². The average molecular weight is 263 g/mol. The second kappa shape index (κ2) is 5.85. The standard InChI is InChI=1S/C14H15ClN2O/c1-17(9-11-3-2-6-16-8-11)14-7-13(15)5-4-12(14)10-18/h2-8,18H,9-10H2,1H3. The van der Waals surface area contributed by atoms with Crippen molar-refractivity contribution in [1.82, 2.24) is 4.98 Å². The number of anilines is 1. The summed E-state index contributed by atoms with van der Waals surface area (Å²) in [6.45, 7) is 0.727. The van der Waals surface area contributed by atoms with Crippen LogP contribution < -0.4 is 4.90 Å². The highest BCUT2D eigenvalue weighted by molar-refractivity contribution is 6.30. The summed E-state index contributed by atoms with van der Waals surface area (Å²) in [5, 5.41) is 10.0. The number of hydrogen-bond donors (Lipinski definition) is 1. The van der Waals surface area contributed by atoms with Gasteiger partial charge in [-0.25, -0.2) is 0 Å². The van der Waals surface area contributed by atoms with E-state index in [1.54, 1.807) is 12.3 Å². The summed E-state index contributed by atoms with van der Waals surface area (Å²) >= 11 is 6.00. The fraction of sp³-hybridized carbons (Fsp3) is 0.214. The lowest BCUT2D eigenvalue weighted by molar-refractivity contribution is 0.282. The molecule has 0 radical (unpaired) electrons. The summed E-state index contributed by atoms with van der Waals surface area (Å²) < 4.78 is 0. The highest BCUT2D eigenvalue weighted by atomic mass is 35.5. The fourth-order valence-corrected chi connectivity index (χ4v) is 2.04. The number of aliphatic hydroxyl groups excluding tert-OH is 1. The maximum atomic E-state index is 9.34. The van der Waals surface area contributed by atoms with Crippen molar-refractivity contribution in [3.63, 3.8) is 0 Å². The van der Waals surface area contributed by atoms with Crippen LogP contribution in [0.5, 0.6) is 0 Å². The van der Waals surface area contributed by atoms with Crippen LogP contribution in [-0.2, 0) is 13.2 Å². The first-order valence-electron chi connectivity index (χ1n) is 5.70. The fourth-order valence-electron chi connectivity index (χ4n) is 1.88. The van der Waals surface area contributed by atoms with Gasteiger partial charge in [0.15, 0.2) is 0 Å². The topological polar surface area (TPSA) is 36.4 Å². The molecule has 18 heavy (non-hydrogen) atoms. The number of benzene rings is 1. The summed E-state index contributed by atoms with van der Waals surface area (Å²) in [4.78, 5) is 6.14. The van der Waals surface area contributed by atoms with Crippen molar-refractivity contribution in [2.24, 2.45) is 0 Å². The van der Waals surface area contributed by atoms with Crippen molar-refractivity contribution in [3.05, 3.63) is 58.9 Å². The Kier molecular flexibility index (Phi) is 4.18. The molecule has 3 nitrogen and oxygen atoms in total. The van der Waals surface area contributed by atoms with Gasteiger partial charge in [0.05, 0.1) is 6.61 Å². The van der Waals surface area contributed by atoms with Crippen molar-refractivity contribution < 1.29 is 5.11 Å². The van der Waals surface area contributed by atoms with Crippen LogP contribution in [0.3, 0.4) is 0 Å². The van der Waals surface area contributed by atoms with Gasteiger partial charge in [0.2, 0.25) is 0 Å². The number of rotatable bonds is 4. The Labute approximate surface area is 112 Å². The summed E-state index contributed by atoms with van der Waals surface area (Å²) in [5.74, 6) is 0. The van der Waals surface area contributed by atoms with Crippen LogP contribution in [0.15, 0.2) is 42.7 Å². The largest absolute Gasteiger partial charge is 0.392 e. The normalized spacial score (nSPS) is 10.4. The van der Waals surface area contributed by atoms with E-state index in [1.807, 2.05) is 37.5 Å². The predicted molar refractivity (Wildman–Crippen MR) is 73.7 cm³/mol. The summed E-state index contributed by atoms with van der Waals surface area (Å²) in [7, 11) is 1.97. The number of pyridine rings is 1. The first kappa shape index (κ1) is 12.9. The van der Waals surface area contributed by atoms with E-state index in [9.17, 15) is 5.11 Å².